The maximum Gasteiger partial charge on any atom is 0.306 e. The lowest BCUT2D eigenvalue weighted by Gasteiger charge is -2.21. The smallest absolute Gasteiger partial charge is 0.306 e. The molecule has 1 amide bonds. The molecule has 6 nitrogen and oxygen atoms in total. The van der Waals surface area contributed by atoms with Gasteiger partial charge in [0.1, 0.15) is 13.2 Å². The molecule has 0 saturated heterocycles. The van der Waals surface area contributed by atoms with Gasteiger partial charge in [-0.2, -0.15) is 0 Å². The minimum atomic E-state index is -0.815. The van der Waals surface area contributed by atoms with E-state index in [1.165, 1.54) is 11.8 Å². The van der Waals surface area contributed by atoms with E-state index in [9.17, 15) is 9.59 Å². The molecule has 1 aliphatic heterocycles. The van der Waals surface area contributed by atoms with Crippen LogP contribution in [0.4, 0.5) is 5.69 Å². The van der Waals surface area contributed by atoms with Gasteiger partial charge in [-0.3, -0.25) is 9.59 Å². The van der Waals surface area contributed by atoms with Crippen LogP contribution >= 0.6 is 11.8 Å². The number of hydrogen-bond donors (Lipinski definition) is 2. The van der Waals surface area contributed by atoms with Crippen molar-refractivity contribution in [3.05, 3.63) is 12.1 Å². The summed E-state index contributed by atoms with van der Waals surface area (Å²) in [6.45, 7) is 1.01. The number of hydrogen-bond acceptors (Lipinski definition) is 5. The van der Waals surface area contributed by atoms with E-state index in [1.807, 2.05) is 12.3 Å². The Bertz CT molecular complexity index is 633. The molecule has 1 aliphatic carbocycles. The van der Waals surface area contributed by atoms with Crippen LogP contribution in [-0.4, -0.2) is 36.5 Å². The number of anilines is 1. The standard InChI is InChI=1S/C16H19NO5S/c1-23-14-8-13-12(21-4-5-22-13)7-11(14)17-15(18)9-2-3-10(6-9)16(19)20/h7-10H,2-6H2,1H3,(H,17,18)(H,19,20)/t9-,10+/m1/s1. The van der Waals surface area contributed by atoms with Gasteiger partial charge in [0.15, 0.2) is 11.5 Å². The summed E-state index contributed by atoms with van der Waals surface area (Å²) in [6.07, 6.45) is 3.50. The van der Waals surface area contributed by atoms with Gasteiger partial charge in [0, 0.05) is 16.9 Å². The Labute approximate surface area is 138 Å². The number of carboxylic acids is 1. The summed E-state index contributed by atoms with van der Waals surface area (Å²) in [5.41, 5.74) is 0.686. The van der Waals surface area contributed by atoms with Crippen molar-refractivity contribution in [2.75, 3.05) is 24.8 Å². The molecule has 2 aliphatic rings. The van der Waals surface area contributed by atoms with Crippen molar-refractivity contribution in [3.8, 4) is 11.5 Å². The lowest BCUT2D eigenvalue weighted by atomic mass is 10.0. The van der Waals surface area contributed by atoms with E-state index >= 15 is 0 Å². The first-order valence-electron chi connectivity index (χ1n) is 7.59. The summed E-state index contributed by atoms with van der Waals surface area (Å²) in [5, 5.41) is 12.0. The molecule has 3 rings (SSSR count). The van der Waals surface area contributed by atoms with E-state index in [1.54, 1.807) is 6.07 Å². The van der Waals surface area contributed by atoms with Crippen LogP contribution in [0.25, 0.3) is 0 Å². The van der Waals surface area contributed by atoms with Gasteiger partial charge < -0.3 is 19.9 Å². The van der Waals surface area contributed by atoms with Crippen LogP contribution in [-0.2, 0) is 9.59 Å². The largest absolute Gasteiger partial charge is 0.486 e. The third-order valence-corrected chi connectivity index (χ3v) is 5.05. The van der Waals surface area contributed by atoms with Crippen molar-refractivity contribution in [3.63, 3.8) is 0 Å². The molecular weight excluding hydrogens is 318 g/mol. The second kappa shape index (κ2) is 6.70. The summed E-state index contributed by atoms with van der Waals surface area (Å²) in [4.78, 5) is 24.4. The van der Waals surface area contributed by atoms with Crippen LogP contribution in [0.15, 0.2) is 17.0 Å². The van der Waals surface area contributed by atoms with Gasteiger partial charge in [0.25, 0.3) is 0 Å². The Hall–Kier alpha value is -1.89. The molecule has 1 aromatic carbocycles. The molecule has 2 atom stereocenters. The Morgan fingerprint density at radius 2 is 1.83 bits per heavy atom. The van der Waals surface area contributed by atoms with Crippen LogP contribution in [0.1, 0.15) is 19.3 Å². The molecule has 0 bridgehead atoms. The van der Waals surface area contributed by atoms with E-state index in [4.69, 9.17) is 14.6 Å². The minimum absolute atomic E-state index is 0.124. The fourth-order valence-corrected chi connectivity index (χ4v) is 3.57. The monoisotopic (exact) mass is 337 g/mol. The Balaban J connectivity index is 1.74. The van der Waals surface area contributed by atoms with Crippen molar-refractivity contribution >= 4 is 29.3 Å². The number of nitrogens with one attached hydrogen (secondary N) is 1. The zero-order valence-electron chi connectivity index (χ0n) is 12.8. The molecule has 124 valence electrons. The van der Waals surface area contributed by atoms with Gasteiger partial charge in [0.05, 0.1) is 11.6 Å². The summed E-state index contributed by atoms with van der Waals surface area (Å²) in [7, 11) is 0. The van der Waals surface area contributed by atoms with Crippen LogP contribution in [0.3, 0.4) is 0 Å². The average molecular weight is 337 g/mol. The molecule has 23 heavy (non-hydrogen) atoms. The van der Waals surface area contributed by atoms with E-state index in [0.717, 1.165) is 4.90 Å². The number of ether oxygens (including phenoxy) is 2. The van der Waals surface area contributed by atoms with Crippen LogP contribution in [0.5, 0.6) is 11.5 Å². The molecule has 7 heteroatoms. The zero-order chi connectivity index (χ0) is 16.4. The SMILES string of the molecule is CSc1cc2c(cc1NC(=O)[C@@H]1CC[C@H](C(=O)O)C1)OCCO2. The number of aliphatic carboxylic acids is 1. The van der Waals surface area contributed by atoms with Crippen molar-refractivity contribution in [2.45, 2.75) is 24.2 Å². The van der Waals surface area contributed by atoms with E-state index < -0.39 is 11.9 Å². The molecule has 1 saturated carbocycles. The highest BCUT2D eigenvalue weighted by molar-refractivity contribution is 7.98. The highest BCUT2D eigenvalue weighted by Gasteiger charge is 2.34. The van der Waals surface area contributed by atoms with Crippen molar-refractivity contribution in [2.24, 2.45) is 11.8 Å². The third-order valence-electron chi connectivity index (χ3n) is 4.27. The molecule has 0 radical (unpaired) electrons. The van der Waals surface area contributed by atoms with Gasteiger partial charge >= 0.3 is 5.97 Å². The number of carbonyl (C=O) groups excluding carboxylic acids is 1. The molecule has 0 unspecified atom stereocenters. The Morgan fingerprint density at radius 1 is 1.17 bits per heavy atom. The summed E-state index contributed by atoms with van der Waals surface area (Å²) < 4.78 is 11.1. The molecule has 2 N–H and O–H groups in total. The van der Waals surface area contributed by atoms with E-state index in [2.05, 4.69) is 5.32 Å². The molecule has 0 aromatic heterocycles. The summed E-state index contributed by atoms with van der Waals surface area (Å²) in [5.74, 6) is -0.292. The fraction of sp³-hybridized carbons (Fsp3) is 0.500. The summed E-state index contributed by atoms with van der Waals surface area (Å²) in [6, 6.07) is 3.64. The highest BCUT2D eigenvalue weighted by atomic mass is 32.2. The number of amides is 1. The number of carboxylic acid groups (broad SMARTS) is 1. The average Bonchev–Trinajstić information content (AvgIpc) is 3.04. The van der Waals surface area contributed by atoms with Gasteiger partial charge in [-0.1, -0.05) is 0 Å². The van der Waals surface area contributed by atoms with E-state index in [0.29, 0.717) is 49.7 Å². The number of benzene rings is 1. The van der Waals surface area contributed by atoms with Crippen molar-refractivity contribution < 1.29 is 24.2 Å². The second-order valence-electron chi connectivity index (χ2n) is 5.73. The van der Waals surface area contributed by atoms with Crippen LogP contribution in [0.2, 0.25) is 0 Å². The van der Waals surface area contributed by atoms with Gasteiger partial charge in [-0.05, 0) is 31.6 Å². The Kier molecular flexibility index (Phi) is 4.66. The van der Waals surface area contributed by atoms with Crippen molar-refractivity contribution in [1.29, 1.82) is 0 Å². The minimum Gasteiger partial charge on any atom is -0.486 e. The van der Waals surface area contributed by atoms with Gasteiger partial charge in [-0.25, -0.2) is 0 Å². The predicted molar refractivity (Wildman–Crippen MR) is 86.3 cm³/mol. The predicted octanol–water partition coefficient (Wildman–Crippen LogP) is 2.62. The number of fused-ring (bicyclic) bond motifs is 1. The lowest BCUT2D eigenvalue weighted by molar-refractivity contribution is -0.141. The third kappa shape index (κ3) is 3.39. The molecule has 0 spiro atoms. The van der Waals surface area contributed by atoms with Gasteiger partial charge in [0.2, 0.25) is 5.91 Å². The van der Waals surface area contributed by atoms with Crippen LogP contribution < -0.4 is 14.8 Å². The lowest BCUT2D eigenvalue weighted by Crippen LogP contribution is -2.22. The molecule has 1 fully saturated rings. The molecule has 1 aromatic rings. The van der Waals surface area contributed by atoms with Crippen molar-refractivity contribution in [1.82, 2.24) is 0 Å². The Morgan fingerprint density at radius 3 is 2.43 bits per heavy atom. The van der Waals surface area contributed by atoms with Gasteiger partial charge in [-0.15, -0.1) is 11.8 Å². The first-order chi connectivity index (χ1) is 11.1. The van der Waals surface area contributed by atoms with E-state index in [-0.39, 0.29) is 11.8 Å². The molecule has 1 heterocycles. The number of rotatable bonds is 4. The second-order valence-corrected chi connectivity index (χ2v) is 6.58. The first-order valence-corrected chi connectivity index (χ1v) is 8.82. The number of carbonyl (C=O) groups is 2. The number of thioether (sulfide) groups is 1. The highest BCUT2D eigenvalue weighted by Crippen LogP contribution is 2.40. The fourth-order valence-electron chi connectivity index (χ4n) is 3.02. The quantitative estimate of drug-likeness (QED) is 0.822. The topological polar surface area (TPSA) is 84.9 Å². The molecular formula is C16H19NO5S. The summed E-state index contributed by atoms with van der Waals surface area (Å²) >= 11 is 1.51. The maximum atomic E-state index is 12.4. The normalized spacial score (nSPS) is 22.7. The van der Waals surface area contributed by atoms with Crippen LogP contribution in [0, 0.1) is 11.8 Å². The zero-order valence-corrected chi connectivity index (χ0v) is 13.6. The first kappa shape index (κ1) is 16.0. The maximum absolute atomic E-state index is 12.4.